The van der Waals surface area contributed by atoms with Crippen LogP contribution in [0, 0.1) is 25.2 Å². The second kappa shape index (κ2) is 5.88. The van der Waals surface area contributed by atoms with Gasteiger partial charge in [-0.2, -0.15) is 0 Å². The summed E-state index contributed by atoms with van der Waals surface area (Å²) in [6.07, 6.45) is 1.67. The molecule has 0 radical (unpaired) electrons. The number of aliphatic hydroxyl groups is 1. The Hall–Kier alpha value is -0.820. The van der Waals surface area contributed by atoms with Gasteiger partial charge < -0.3 is 5.11 Å². The van der Waals surface area contributed by atoms with Gasteiger partial charge in [0.2, 0.25) is 0 Å². The lowest BCUT2D eigenvalue weighted by atomic mass is 9.82. The Balaban J connectivity index is 2.71. The molecule has 0 amide bonds. The Morgan fingerprint density at radius 3 is 2.33 bits per heavy atom. The smallest absolute Gasteiger partial charge is 0.0795 e. The molecule has 0 heterocycles. The number of aliphatic hydroxyl groups excluding tert-OH is 1. The van der Waals surface area contributed by atoms with Gasteiger partial charge in [0, 0.05) is 0 Å². The van der Waals surface area contributed by atoms with Crippen LogP contribution in [0.4, 0.5) is 0 Å². The van der Waals surface area contributed by atoms with Crippen LogP contribution in [0.5, 0.6) is 0 Å². The minimum atomic E-state index is -0.331. The molecule has 0 spiro atoms. The Kier molecular flexibility index (Phi) is 4.98. The largest absolute Gasteiger partial charge is 0.388 e. The van der Waals surface area contributed by atoms with Crippen LogP contribution in [0.3, 0.4) is 0 Å². The summed E-state index contributed by atoms with van der Waals surface area (Å²) in [6.45, 7) is 13.2. The molecule has 0 bridgehead atoms. The van der Waals surface area contributed by atoms with Crippen LogP contribution in [0.1, 0.15) is 63.3 Å². The standard InChI is InChI=1S/C17H28O/c1-12(11-17(4,5)6)10-16(18)15-9-7-8-13(2)14(15)3/h7-9,12,16,18H,10-11H2,1-6H3. The molecular formula is C17H28O. The summed E-state index contributed by atoms with van der Waals surface area (Å²) in [4.78, 5) is 0. The molecule has 0 fully saturated rings. The molecule has 0 saturated heterocycles. The predicted molar refractivity (Wildman–Crippen MR) is 78.7 cm³/mol. The van der Waals surface area contributed by atoms with E-state index in [0.29, 0.717) is 11.3 Å². The van der Waals surface area contributed by atoms with E-state index in [0.717, 1.165) is 18.4 Å². The average Bonchev–Trinajstić information content (AvgIpc) is 2.18. The van der Waals surface area contributed by atoms with Crippen molar-refractivity contribution in [2.24, 2.45) is 11.3 Å². The normalized spacial score (nSPS) is 15.5. The molecule has 1 heteroatoms. The van der Waals surface area contributed by atoms with Crippen molar-refractivity contribution in [1.82, 2.24) is 0 Å². The molecule has 2 atom stereocenters. The Morgan fingerprint density at radius 2 is 1.78 bits per heavy atom. The highest BCUT2D eigenvalue weighted by atomic mass is 16.3. The number of rotatable bonds is 4. The zero-order valence-corrected chi connectivity index (χ0v) is 12.7. The van der Waals surface area contributed by atoms with Crippen molar-refractivity contribution in [3.05, 3.63) is 34.9 Å². The molecule has 0 aromatic heterocycles. The van der Waals surface area contributed by atoms with Crippen molar-refractivity contribution in [3.8, 4) is 0 Å². The van der Waals surface area contributed by atoms with Gasteiger partial charge in [-0.25, -0.2) is 0 Å². The van der Waals surface area contributed by atoms with Gasteiger partial charge in [-0.3, -0.25) is 0 Å². The maximum Gasteiger partial charge on any atom is 0.0795 e. The van der Waals surface area contributed by atoms with E-state index in [1.165, 1.54) is 11.1 Å². The Bertz CT molecular complexity index is 387. The quantitative estimate of drug-likeness (QED) is 0.811. The highest BCUT2D eigenvalue weighted by Gasteiger charge is 2.19. The van der Waals surface area contributed by atoms with Crippen LogP contribution in [0.25, 0.3) is 0 Å². The number of aryl methyl sites for hydroxylation is 1. The number of hydrogen-bond acceptors (Lipinski definition) is 1. The third-order valence-corrected chi connectivity index (χ3v) is 3.59. The van der Waals surface area contributed by atoms with E-state index < -0.39 is 0 Å². The monoisotopic (exact) mass is 248 g/mol. The van der Waals surface area contributed by atoms with Gasteiger partial charge in [0.05, 0.1) is 6.10 Å². The lowest BCUT2D eigenvalue weighted by molar-refractivity contribution is 0.133. The fraction of sp³-hybridized carbons (Fsp3) is 0.647. The van der Waals surface area contributed by atoms with E-state index in [2.05, 4.69) is 53.7 Å². The fourth-order valence-corrected chi connectivity index (χ4v) is 2.77. The molecule has 1 N–H and O–H groups in total. The summed E-state index contributed by atoms with van der Waals surface area (Å²) in [6, 6.07) is 6.19. The van der Waals surface area contributed by atoms with Crippen LogP contribution in [-0.4, -0.2) is 5.11 Å². The summed E-state index contributed by atoms with van der Waals surface area (Å²) in [5, 5.41) is 10.4. The van der Waals surface area contributed by atoms with E-state index >= 15 is 0 Å². The van der Waals surface area contributed by atoms with Gasteiger partial charge in [-0.05, 0) is 54.7 Å². The van der Waals surface area contributed by atoms with Gasteiger partial charge in [0.25, 0.3) is 0 Å². The molecule has 0 aliphatic carbocycles. The summed E-state index contributed by atoms with van der Waals surface area (Å²) < 4.78 is 0. The van der Waals surface area contributed by atoms with Gasteiger partial charge in [0.15, 0.2) is 0 Å². The molecule has 1 nitrogen and oxygen atoms in total. The van der Waals surface area contributed by atoms with Crippen LogP contribution in [0.15, 0.2) is 18.2 Å². The highest BCUT2D eigenvalue weighted by Crippen LogP contribution is 2.31. The summed E-state index contributed by atoms with van der Waals surface area (Å²) in [5.74, 6) is 0.542. The van der Waals surface area contributed by atoms with Crippen molar-refractivity contribution < 1.29 is 5.11 Å². The molecule has 1 aromatic rings. The van der Waals surface area contributed by atoms with E-state index in [1.54, 1.807) is 0 Å². The first-order chi connectivity index (χ1) is 8.20. The minimum absolute atomic E-state index is 0.331. The van der Waals surface area contributed by atoms with Crippen molar-refractivity contribution in [1.29, 1.82) is 0 Å². The van der Waals surface area contributed by atoms with Gasteiger partial charge in [-0.15, -0.1) is 0 Å². The topological polar surface area (TPSA) is 20.2 Å². The first-order valence-corrected chi connectivity index (χ1v) is 6.95. The minimum Gasteiger partial charge on any atom is -0.388 e. The van der Waals surface area contributed by atoms with Gasteiger partial charge in [-0.1, -0.05) is 45.9 Å². The van der Waals surface area contributed by atoms with Gasteiger partial charge >= 0.3 is 0 Å². The molecule has 2 unspecified atom stereocenters. The Labute approximate surface area is 112 Å². The summed E-state index contributed by atoms with van der Waals surface area (Å²) >= 11 is 0. The zero-order chi connectivity index (χ0) is 13.9. The van der Waals surface area contributed by atoms with E-state index in [-0.39, 0.29) is 6.10 Å². The molecule has 0 saturated carbocycles. The van der Waals surface area contributed by atoms with Crippen LogP contribution in [0.2, 0.25) is 0 Å². The van der Waals surface area contributed by atoms with Gasteiger partial charge in [0.1, 0.15) is 0 Å². The molecule has 0 aliphatic heterocycles. The van der Waals surface area contributed by atoms with Crippen molar-refractivity contribution in [3.63, 3.8) is 0 Å². The fourth-order valence-electron chi connectivity index (χ4n) is 2.77. The molecule has 1 rings (SSSR count). The number of hydrogen-bond donors (Lipinski definition) is 1. The first-order valence-electron chi connectivity index (χ1n) is 6.95. The maximum absolute atomic E-state index is 10.4. The summed E-state index contributed by atoms with van der Waals surface area (Å²) in [5.41, 5.74) is 3.92. The molecule has 0 aliphatic rings. The highest BCUT2D eigenvalue weighted by molar-refractivity contribution is 5.34. The predicted octanol–water partition coefficient (Wildman–Crippen LogP) is 4.80. The van der Waals surface area contributed by atoms with Crippen molar-refractivity contribution in [2.75, 3.05) is 0 Å². The zero-order valence-electron chi connectivity index (χ0n) is 12.7. The lowest BCUT2D eigenvalue weighted by Crippen LogP contribution is -2.14. The third-order valence-electron chi connectivity index (χ3n) is 3.59. The second-order valence-corrected chi connectivity index (χ2v) is 6.91. The maximum atomic E-state index is 10.4. The van der Waals surface area contributed by atoms with Crippen molar-refractivity contribution >= 4 is 0 Å². The molecular weight excluding hydrogens is 220 g/mol. The molecule has 18 heavy (non-hydrogen) atoms. The lowest BCUT2D eigenvalue weighted by Gasteiger charge is -2.25. The number of benzene rings is 1. The van der Waals surface area contributed by atoms with Crippen LogP contribution < -0.4 is 0 Å². The second-order valence-electron chi connectivity index (χ2n) is 6.91. The van der Waals surface area contributed by atoms with E-state index in [1.807, 2.05) is 6.07 Å². The van der Waals surface area contributed by atoms with Crippen LogP contribution >= 0.6 is 0 Å². The average molecular weight is 248 g/mol. The summed E-state index contributed by atoms with van der Waals surface area (Å²) in [7, 11) is 0. The van der Waals surface area contributed by atoms with Crippen LogP contribution in [-0.2, 0) is 0 Å². The Morgan fingerprint density at radius 1 is 1.17 bits per heavy atom. The van der Waals surface area contributed by atoms with E-state index in [4.69, 9.17) is 0 Å². The third kappa shape index (κ3) is 4.45. The molecule has 1 aromatic carbocycles. The van der Waals surface area contributed by atoms with E-state index in [9.17, 15) is 5.11 Å². The van der Waals surface area contributed by atoms with Crippen molar-refractivity contribution in [2.45, 2.75) is 60.5 Å². The SMILES string of the molecule is Cc1cccc(C(O)CC(C)CC(C)(C)C)c1C. The molecule has 102 valence electrons. The first kappa shape index (κ1) is 15.2.